The van der Waals surface area contributed by atoms with Gasteiger partial charge < -0.3 is 19.9 Å². The van der Waals surface area contributed by atoms with Crippen molar-refractivity contribution in [2.45, 2.75) is 26.3 Å². The molecule has 4 rings (SSSR count). The molecule has 2 heterocycles. The number of aryl methyl sites for hydroxylation is 2. The molecule has 1 amide bonds. The second kappa shape index (κ2) is 8.73. The van der Waals surface area contributed by atoms with Gasteiger partial charge in [0.2, 0.25) is 0 Å². The molecule has 1 aliphatic rings. The number of benzene rings is 2. The van der Waals surface area contributed by atoms with Gasteiger partial charge in [0.25, 0.3) is 5.91 Å². The second-order valence-electron chi connectivity index (χ2n) is 7.47. The number of rotatable bonds is 5. The van der Waals surface area contributed by atoms with Crippen LogP contribution in [0.1, 0.15) is 22.5 Å². The maximum absolute atomic E-state index is 12.6. The van der Waals surface area contributed by atoms with E-state index in [1.165, 1.54) is 11.8 Å². The fraction of sp³-hybridized carbons (Fsp3) is 0.208. The number of amides is 1. The molecule has 1 aliphatic heterocycles. The summed E-state index contributed by atoms with van der Waals surface area (Å²) >= 11 is 7.50. The molecule has 0 radical (unpaired) electrons. The van der Waals surface area contributed by atoms with Crippen molar-refractivity contribution < 1.29 is 9.53 Å². The summed E-state index contributed by atoms with van der Waals surface area (Å²) < 4.78 is 7.59. The lowest BCUT2D eigenvalue weighted by Crippen LogP contribution is -2.31. The molecule has 5 nitrogen and oxygen atoms in total. The Labute approximate surface area is 191 Å². The first-order valence-corrected chi connectivity index (χ1v) is 11.2. The molecule has 0 aliphatic carbocycles. The third kappa shape index (κ3) is 4.45. The Bertz CT molecular complexity index is 1170. The van der Waals surface area contributed by atoms with Crippen molar-refractivity contribution in [2.75, 3.05) is 12.4 Å². The minimum absolute atomic E-state index is 0.0922. The second-order valence-corrected chi connectivity index (χ2v) is 9.05. The highest BCUT2D eigenvalue weighted by Crippen LogP contribution is 2.34. The predicted molar refractivity (Wildman–Crippen MR) is 129 cm³/mol. The minimum Gasteiger partial charge on any atom is -0.495 e. The lowest BCUT2D eigenvalue weighted by atomic mass is 10.2. The number of methoxy groups -OCH3 is 1. The van der Waals surface area contributed by atoms with Crippen LogP contribution in [-0.2, 0) is 4.79 Å². The van der Waals surface area contributed by atoms with Crippen LogP contribution in [0.5, 0.6) is 5.75 Å². The van der Waals surface area contributed by atoms with Crippen molar-refractivity contribution in [2.24, 2.45) is 0 Å². The van der Waals surface area contributed by atoms with Crippen molar-refractivity contribution in [3.63, 3.8) is 0 Å². The smallest absolute Gasteiger partial charge is 0.260 e. The van der Waals surface area contributed by atoms with Gasteiger partial charge >= 0.3 is 0 Å². The number of hydrogen-bond acceptors (Lipinski definition) is 4. The molecule has 31 heavy (non-hydrogen) atoms. The van der Waals surface area contributed by atoms with Crippen LogP contribution in [0.15, 0.2) is 53.4 Å². The zero-order chi connectivity index (χ0) is 22.1. The first-order chi connectivity index (χ1) is 14.9. The van der Waals surface area contributed by atoms with Crippen LogP contribution in [0.3, 0.4) is 0 Å². The van der Waals surface area contributed by atoms with Crippen molar-refractivity contribution in [3.8, 4) is 11.4 Å². The van der Waals surface area contributed by atoms with Gasteiger partial charge in [0, 0.05) is 22.1 Å². The number of carbonyl (C=O) groups excluding carboxylic acids is 1. The van der Waals surface area contributed by atoms with E-state index in [2.05, 4.69) is 35.1 Å². The summed E-state index contributed by atoms with van der Waals surface area (Å²) in [7, 11) is 1.64. The van der Waals surface area contributed by atoms with E-state index in [0.717, 1.165) is 39.6 Å². The van der Waals surface area contributed by atoms with Crippen LogP contribution in [0.25, 0.3) is 11.8 Å². The normalized spacial score (nSPS) is 17.1. The summed E-state index contributed by atoms with van der Waals surface area (Å²) in [6.07, 6.45) is 1.95. The molecule has 160 valence electrons. The number of nitrogens with zero attached hydrogens (tertiary/aromatic N) is 1. The summed E-state index contributed by atoms with van der Waals surface area (Å²) in [4.78, 5) is 13.3. The highest BCUT2D eigenvalue weighted by Gasteiger charge is 2.28. The zero-order valence-electron chi connectivity index (χ0n) is 17.8. The Hall–Kier alpha value is -2.83. The van der Waals surface area contributed by atoms with E-state index in [1.807, 2.05) is 55.5 Å². The Balaban J connectivity index is 1.58. The van der Waals surface area contributed by atoms with Gasteiger partial charge in [-0.05, 0) is 80.4 Å². The first kappa shape index (κ1) is 21.4. The highest BCUT2D eigenvalue weighted by molar-refractivity contribution is 8.05. The van der Waals surface area contributed by atoms with Crippen molar-refractivity contribution in [1.29, 1.82) is 0 Å². The van der Waals surface area contributed by atoms with Crippen LogP contribution >= 0.6 is 23.4 Å². The van der Waals surface area contributed by atoms with Gasteiger partial charge in [-0.1, -0.05) is 29.4 Å². The maximum Gasteiger partial charge on any atom is 0.260 e. The molecule has 0 spiro atoms. The summed E-state index contributed by atoms with van der Waals surface area (Å²) in [6, 6.07) is 15.8. The molecule has 0 bridgehead atoms. The molecule has 1 atom stereocenters. The zero-order valence-corrected chi connectivity index (χ0v) is 19.4. The molecule has 1 fully saturated rings. The number of hydrogen-bond donors (Lipinski definition) is 2. The lowest BCUT2D eigenvalue weighted by molar-refractivity contribution is -0.116. The number of aromatic nitrogens is 1. The standard InChI is InChI=1S/C24H24ClN3O2S/c1-14-5-10-21(30-4)20(11-14)26-24-27-23(29)22(31-24)13-17-12-15(2)28(16(17)3)19-8-6-18(25)7-9-19/h5-13,24,26H,1-4H3,(H,27,29)/b22-13-. The van der Waals surface area contributed by atoms with Crippen molar-refractivity contribution in [1.82, 2.24) is 9.88 Å². The van der Waals surface area contributed by atoms with E-state index in [-0.39, 0.29) is 11.4 Å². The molecule has 1 aromatic heterocycles. The van der Waals surface area contributed by atoms with Crippen molar-refractivity contribution in [3.05, 3.63) is 81.0 Å². The largest absolute Gasteiger partial charge is 0.495 e. The summed E-state index contributed by atoms with van der Waals surface area (Å²) in [6.45, 7) is 6.13. The topological polar surface area (TPSA) is 55.3 Å². The predicted octanol–water partition coefficient (Wildman–Crippen LogP) is 5.66. The average molecular weight is 454 g/mol. The quantitative estimate of drug-likeness (QED) is 0.489. The van der Waals surface area contributed by atoms with Gasteiger partial charge in [0.05, 0.1) is 17.7 Å². The van der Waals surface area contributed by atoms with E-state index < -0.39 is 0 Å². The molecule has 1 unspecified atom stereocenters. The molecule has 0 saturated carbocycles. The molecule has 2 N–H and O–H groups in total. The van der Waals surface area contributed by atoms with Crippen LogP contribution in [0.2, 0.25) is 5.02 Å². The molecule has 1 saturated heterocycles. The fourth-order valence-electron chi connectivity index (χ4n) is 3.70. The van der Waals surface area contributed by atoms with E-state index in [4.69, 9.17) is 16.3 Å². The van der Waals surface area contributed by atoms with Gasteiger partial charge in [-0.2, -0.15) is 0 Å². The van der Waals surface area contributed by atoms with Gasteiger partial charge in [0.1, 0.15) is 5.75 Å². The number of nitrogens with one attached hydrogen (secondary N) is 2. The highest BCUT2D eigenvalue weighted by atomic mass is 35.5. The molecule has 3 aromatic rings. The van der Waals surface area contributed by atoms with Crippen molar-refractivity contribution >= 4 is 41.0 Å². The number of anilines is 1. The SMILES string of the molecule is COc1ccc(C)cc1NC1NC(=O)/C(=C/c2cc(C)n(-c3ccc(Cl)cc3)c2C)S1. The molecular weight excluding hydrogens is 430 g/mol. The number of thioether (sulfide) groups is 1. The third-order valence-electron chi connectivity index (χ3n) is 5.21. The lowest BCUT2D eigenvalue weighted by Gasteiger charge is -2.16. The minimum atomic E-state index is -0.269. The van der Waals surface area contributed by atoms with E-state index >= 15 is 0 Å². The van der Waals surface area contributed by atoms with Crippen LogP contribution < -0.4 is 15.4 Å². The number of carbonyl (C=O) groups is 1. The average Bonchev–Trinajstić information content (AvgIpc) is 3.21. The molecular formula is C24H24ClN3O2S. The van der Waals surface area contributed by atoms with Gasteiger partial charge in [-0.3, -0.25) is 4.79 Å². The summed E-state index contributed by atoms with van der Waals surface area (Å²) in [5.41, 5.74) is 5.91. The summed E-state index contributed by atoms with van der Waals surface area (Å²) in [5.74, 6) is 0.648. The molecule has 7 heteroatoms. The van der Waals surface area contributed by atoms with E-state index in [1.54, 1.807) is 7.11 Å². The Kier molecular flexibility index (Phi) is 6.03. The maximum atomic E-state index is 12.6. The first-order valence-electron chi connectivity index (χ1n) is 9.91. The van der Waals surface area contributed by atoms with Gasteiger partial charge in [-0.25, -0.2) is 0 Å². The van der Waals surface area contributed by atoms with Gasteiger partial charge in [-0.15, -0.1) is 0 Å². The van der Waals surface area contributed by atoms with Crippen LogP contribution in [0, 0.1) is 20.8 Å². The number of ether oxygens (including phenoxy) is 1. The third-order valence-corrected chi connectivity index (χ3v) is 6.49. The summed E-state index contributed by atoms with van der Waals surface area (Å²) in [5, 5.41) is 7.05. The van der Waals surface area contributed by atoms with E-state index in [0.29, 0.717) is 9.93 Å². The Morgan fingerprint density at radius 2 is 1.87 bits per heavy atom. The van der Waals surface area contributed by atoms with E-state index in [9.17, 15) is 4.79 Å². The monoisotopic (exact) mass is 453 g/mol. The van der Waals surface area contributed by atoms with Gasteiger partial charge in [0.15, 0.2) is 5.50 Å². The Morgan fingerprint density at radius 1 is 1.13 bits per heavy atom. The molecule has 2 aromatic carbocycles. The number of halogens is 1. The van der Waals surface area contributed by atoms with Crippen LogP contribution in [-0.4, -0.2) is 23.1 Å². The fourth-order valence-corrected chi connectivity index (χ4v) is 4.80. The van der Waals surface area contributed by atoms with Crippen LogP contribution in [0.4, 0.5) is 5.69 Å². The Morgan fingerprint density at radius 3 is 2.58 bits per heavy atom.